The van der Waals surface area contributed by atoms with Gasteiger partial charge in [-0.25, -0.2) is 0 Å². The minimum Gasteiger partial charge on any atom is -0.381 e. The van der Waals surface area contributed by atoms with Crippen LogP contribution in [0.25, 0.3) is 0 Å². The van der Waals surface area contributed by atoms with Gasteiger partial charge in [0.2, 0.25) is 0 Å². The molecular formula is C15H14Cl2O. The molecule has 0 heterocycles. The summed E-state index contributed by atoms with van der Waals surface area (Å²) in [5, 5.41) is 11.6. The molecule has 0 radical (unpaired) electrons. The van der Waals surface area contributed by atoms with E-state index in [2.05, 4.69) is 0 Å². The van der Waals surface area contributed by atoms with Crippen LogP contribution in [0.2, 0.25) is 10.0 Å². The van der Waals surface area contributed by atoms with E-state index in [1.807, 2.05) is 31.2 Å². The Balaban J connectivity index is 2.62. The molecular weight excluding hydrogens is 267 g/mol. The molecule has 1 nitrogen and oxygen atoms in total. The van der Waals surface area contributed by atoms with E-state index in [1.54, 1.807) is 25.1 Å². The zero-order valence-electron chi connectivity index (χ0n) is 10.2. The largest absolute Gasteiger partial charge is 0.381 e. The van der Waals surface area contributed by atoms with Gasteiger partial charge in [0.25, 0.3) is 0 Å². The van der Waals surface area contributed by atoms with Gasteiger partial charge >= 0.3 is 0 Å². The van der Waals surface area contributed by atoms with E-state index in [4.69, 9.17) is 23.2 Å². The molecule has 0 saturated carbocycles. The number of aliphatic hydroxyl groups is 1. The smallest absolute Gasteiger partial charge is 0.114 e. The summed E-state index contributed by atoms with van der Waals surface area (Å²) in [7, 11) is 0. The number of halogens is 2. The monoisotopic (exact) mass is 280 g/mol. The maximum Gasteiger partial charge on any atom is 0.114 e. The highest BCUT2D eigenvalue weighted by molar-refractivity contribution is 6.42. The summed E-state index contributed by atoms with van der Waals surface area (Å²) in [5.74, 6) is 0. The van der Waals surface area contributed by atoms with Gasteiger partial charge < -0.3 is 5.11 Å². The van der Waals surface area contributed by atoms with Crippen LogP contribution in [0, 0.1) is 6.92 Å². The SMILES string of the molecule is Cc1ccccc1C(C)(O)c1cccc(Cl)c1Cl. The third-order valence-electron chi connectivity index (χ3n) is 3.15. The molecule has 3 heteroatoms. The minimum absolute atomic E-state index is 0.396. The summed E-state index contributed by atoms with van der Waals surface area (Å²) >= 11 is 12.2. The van der Waals surface area contributed by atoms with Gasteiger partial charge in [-0.15, -0.1) is 0 Å². The van der Waals surface area contributed by atoms with Gasteiger partial charge in [0.05, 0.1) is 10.0 Å². The average molecular weight is 281 g/mol. The van der Waals surface area contributed by atoms with E-state index in [9.17, 15) is 5.11 Å². The van der Waals surface area contributed by atoms with Gasteiger partial charge in [-0.05, 0) is 31.0 Å². The molecule has 0 aliphatic carbocycles. The van der Waals surface area contributed by atoms with Crippen molar-refractivity contribution in [2.45, 2.75) is 19.4 Å². The predicted octanol–water partition coefficient (Wildman–Crippen LogP) is 4.56. The molecule has 0 aromatic heterocycles. The van der Waals surface area contributed by atoms with Gasteiger partial charge in [-0.3, -0.25) is 0 Å². The Morgan fingerprint density at radius 3 is 2.22 bits per heavy atom. The molecule has 0 saturated heterocycles. The molecule has 2 aromatic carbocycles. The zero-order valence-corrected chi connectivity index (χ0v) is 11.8. The Morgan fingerprint density at radius 1 is 0.944 bits per heavy atom. The summed E-state index contributed by atoms with van der Waals surface area (Å²) in [6.07, 6.45) is 0. The van der Waals surface area contributed by atoms with Crippen molar-refractivity contribution in [2.75, 3.05) is 0 Å². The maximum absolute atomic E-state index is 10.8. The molecule has 0 fully saturated rings. The van der Waals surface area contributed by atoms with Gasteiger partial charge in [0, 0.05) is 5.56 Å². The highest BCUT2D eigenvalue weighted by atomic mass is 35.5. The Labute approximate surface area is 117 Å². The summed E-state index contributed by atoms with van der Waals surface area (Å²) in [4.78, 5) is 0. The predicted molar refractivity (Wildman–Crippen MR) is 76.3 cm³/mol. The zero-order chi connectivity index (χ0) is 13.3. The van der Waals surface area contributed by atoms with Crippen LogP contribution in [0.4, 0.5) is 0 Å². The summed E-state index contributed by atoms with van der Waals surface area (Å²) in [6, 6.07) is 13.0. The maximum atomic E-state index is 10.8. The van der Waals surface area contributed by atoms with E-state index in [0.717, 1.165) is 11.1 Å². The normalized spacial score (nSPS) is 14.3. The molecule has 1 atom stereocenters. The first-order valence-electron chi connectivity index (χ1n) is 5.67. The Bertz CT molecular complexity index is 576. The third kappa shape index (κ3) is 2.26. The van der Waals surface area contributed by atoms with Crippen LogP contribution < -0.4 is 0 Å². The number of hydrogen-bond acceptors (Lipinski definition) is 1. The fourth-order valence-electron chi connectivity index (χ4n) is 2.14. The fraction of sp³-hybridized carbons (Fsp3) is 0.200. The first kappa shape index (κ1) is 13.4. The molecule has 1 unspecified atom stereocenters. The van der Waals surface area contributed by atoms with E-state index in [-0.39, 0.29) is 0 Å². The lowest BCUT2D eigenvalue weighted by Gasteiger charge is -2.27. The number of benzene rings is 2. The molecule has 0 spiro atoms. The molecule has 0 bridgehead atoms. The second-order valence-corrected chi connectivity index (χ2v) is 5.27. The molecule has 2 rings (SSSR count). The number of hydrogen-bond donors (Lipinski definition) is 1. The lowest BCUT2D eigenvalue weighted by molar-refractivity contribution is 0.102. The first-order valence-corrected chi connectivity index (χ1v) is 6.43. The topological polar surface area (TPSA) is 20.2 Å². The van der Waals surface area contributed by atoms with Gasteiger partial charge in [0.1, 0.15) is 5.60 Å². The Hall–Kier alpha value is -1.02. The summed E-state index contributed by atoms with van der Waals surface area (Å²) in [6.45, 7) is 3.69. The molecule has 1 N–H and O–H groups in total. The van der Waals surface area contributed by atoms with Gasteiger partial charge in [-0.2, -0.15) is 0 Å². The van der Waals surface area contributed by atoms with Gasteiger partial charge in [-0.1, -0.05) is 59.6 Å². The van der Waals surface area contributed by atoms with Crippen molar-refractivity contribution >= 4 is 23.2 Å². The van der Waals surface area contributed by atoms with Crippen LogP contribution in [-0.2, 0) is 5.60 Å². The molecule has 0 amide bonds. The lowest BCUT2D eigenvalue weighted by Crippen LogP contribution is -2.24. The molecule has 94 valence electrons. The molecule has 2 aromatic rings. The van der Waals surface area contributed by atoms with Crippen LogP contribution in [0.15, 0.2) is 42.5 Å². The van der Waals surface area contributed by atoms with Crippen molar-refractivity contribution in [1.29, 1.82) is 0 Å². The van der Waals surface area contributed by atoms with E-state index < -0.39 is 5.60 Å². The van der Waals surface area contributed by atoms with Crippen LogP contribution in [0.1, 0.15) is 23.6 Å². The van der Waals surface area contributed by atoms with Crippen molar-refractivity contribution in [3.63, 3.8) is 0 Å². The average Bonchev–Trinajstić information content (AvgIpc) is 2.32. The molecule has 18 heavy (non-hydrogen) atoms. The van der Waals surface area contributed by atoms with Crippen LogP contribution in [0.3, 0.4) is 0 Å². The van der Waals surface area contributed by atoms with Crippen molar-refractivity contribution in [3.8, 4) is 0 Å². The van der Waals surface area contributed by atoms with Crippen LogP contribution in [-0.4, -0.2) is 5.11 Å². The minimum atomic E-state index is -1.16. The Morgan fingerprint density at radius 2 is 1.56 bits per heavy atom. The van der Waals surface area contributed by atoms with Crippen molar-refractivity contribution in [2.24, 2.45) is 0 Å². The summed E-state index contributed by atoms with van der Waals surface area (Å²) in [5.41, 5.74) is 1.30. The molecule has 0 aliphatic rings. The van der Waals surface area contributed by atoms with Gasteiger partial charge in [0.15, 0.2) is 0 Å². The van der Waals surface area contributed by atoms with Crippen LogP contribution >= 0.6 is 23.2 Å². The van der Waals surface area contributed by atoms with E-state index in [0.29, 0.717) is 15.6 Å². The number of aryl methyl sites for hydroxylation is 1. The van der Waals surface area contributed by atoms with E-state index in [1.165, 1.54) is 0 Å². The highest BCUT2D eigenvalue weighted by Gasteiger charge is 2.29. The van der Waals surface area contributed by atoms with Crippen molar-refractivity contribution in [3.05, 3.63) is 69.2 Å². The second kappa shape index (κ2) is 4.93. The van der Waals surface area contributed by atoms with Crippen molar-refractivity contribution in [1.82, 2.24) is 0 Å². The second-order valence-electron chi connectivity index (χ2n) is 4.49. The highest BCUT2D eigenvalue weighted by Crippen LogP contribution is 2.38. The van der Waals surface area contributed by atoms with Crippen molar-refractivity contribution < 1.29 is 5.11 Å². The number of rotatable bonds is 2. The standard InChI is InChI=1S/C15H14Cl2O/c1-10-6-3-4-7-11(10)15(2,18)12-8-5-9-13(16)14(12)17/h3-9,18H,1-2H3. The summed E-state index contributed by atoms with van der Waals surface area (Å²) < 4.78 is 0. The fourth-order valence-corrected chi connectivity index (χ4v) is 2.63. The Kier molecular flexibility index (Phi) is 3.67. The van der Waals surface area contributed by atoms with E-state index >= 15 is 0 Å². The van der Waals surface area contributed by atoms with Crippen LogP contribution in [0.5, 0.6) is 0 Å². The molecule has 0 aliphatic heterocycles. The quantitative estimate of drug-likeness (QED) is 0.855. The lowest BCUT2D eigenvalue weighted by atomic mass is 9.85. The first-order chi connectivity index (χ1) is 8.44. The third-order valence-corrected chi connectivity index (χ3v) is 3.96.